The van der Waals surface area contributed by atoms with Gasteiger partial charge in [-0.25, -0.2) is 23.2 Å². The first-order valence-electron chi connectivity index (χ1n) is 11.9. The van der Waals surface area contributed by atoms with Crippen molar-refractivity contribution in [3.63, 3.8) is 0 Å². The quantitative estimate of drug-likeness (QED) is 0.445. The summed E-state index contributed by atoms with van der Waals surface area (Å²) in [5, 5.41) is 2.65. The van der Waals surface area contributed by atoms with E-state index < -0.39 is 70.8 Å². The Morgan fingerprint density at radius 3 is 2.21 bits per heavy atom. The van der Waals surface area contributed by atoms with Gasteiger partial charge >= 0.3 is 17.8 Å². The highest BCUT2D eigenvalue weighted by atomic mass is 19.1. The van der Waals surface area contributed by atoms with Crippen molar-refractivity contribution in [1.82, 2.24) is 14.5 Å². The molecule has 0 aliphatic rings. The van der Waals surface area contributed by atoms with Crippen LogP contribution in [0.3, 0.4) is 0 Å². The van der Waals surface area contributed by atoms with Gasteiger partial charge in [0.1, 0.15) is 22.8 Å². The molecule has 0 unspecified atom stereocenters. The Hall–Kier alpha value is -4.28. The third-order valence-corrected chi connectivity index (χ3v) is 5.38. The van der Waals surface area contributed by atoms with Gasteiger partial charge in [0.2, 0.25) is 0 Å². The Morgan fingerprint density at radius 2 is 1.63 bits per heavy atom. The van der Waals surface area contributed by atoms with Gasteiger partial charge in [-0.3, -0.25) is 13.9 Å². The molecule has 0 bridgehead atoms. The van der Waals surface area contributed by atoms with Gasteiger partial charge in [0.05, 0.1) is 25.7 Å². The lowest BCUT2D eigenvalue weighted by Crippen LogP contribution is -2.46. The van der Waals surface area contributed by atoms with Crippen LogP contribution in [0.5, 0.6) is 0 Å². The van der Waals surface area contributed by atoms with Crippen molar-refractivity contribution in [3.05, 3.63) is 104 Å². The number of hydrogen-bond acceptors (Lipinski definition) is 6. The standard InChI is InChI=1S/C27H29F2N3O6/c1-5-37-24(34)19-15-31(14-18-20(28)12-9-13-21(18)29)26(36)32(23(19)33)16-22(17-10-7-6-8-11-17)30-25(35)38-27(2,3)4/h6-13,15,22H,5,14,16H2,1-4H3,(H,30,35)/t22-/m0/s1. The molecule has 3 rings (SSSR count). The Labute approximate surface area is 217 Å². The first-order chi connectivity index (χ1) is 17.9. The van der Waals surface area contributed by atoms with Crippen LogP contribution < -0.4 is 16.6 Å². The second kappa shape index (κ2) is 11.8. The Kier molecular flexibility index (Phi) is 8.82. The van der Waals surface area contributed by atoms with Crippen LogP contribution >= 0.6 is 0 Å². The first-order valence-corrected chi connectivity index (χ1v) is 11.9. The molecule has 3 aromatic rings. The van der Waals surface area contributed by atoms with Gasteiger partial charge in [-0.15, -0.1) is 0 Å². The lowest BCUT2D eigenvalue weighted by molar-refractivity contribution is 0.0489. The van der Waals surface area contributed by atoms with Gasteiger partial charge in [-0.2, -0.15) is 0 Å². The maximum atomic E-state index is 14.4. The number of benzene rings is 2. The van der Waals surface area contributed by atoms with Gasteiger partial charge in [-0.05, 0) is 45.4 Å². The maximum absolute atomic E-state index is 14.4. The molecular weight excluding hydrogens is 500 g/mol. The molecule has 0 fully saturated rings. The van der Waals surface area contributed by atoms with Gasteiger partial charge in [0.15, 0.2) is 0 Å². The molecule has 1 atom stereocenters. The first kappa shape index (κ1) is 28.3. The molecule has 38 heavy (non-hydrogen) atoms. The number of esters is 1. The second-order valence-electron chi connectivity index (χ2n) is 9.40. The molecule has 1 aromatic heterocycles. The zero-order valence-corrected chi connectivity index (χ0v) is 21.5. The molecule has 0 aliphatic carbocycles. The van der Waals surface area contributed by atoms with Crippen molar-refractivity contribution in [1.29, 1.82) is 0 Å². The minimum absolute atomic E-state index is 0.0494. The number of ether oxygens (including phenoxy) is 2. The zero-order chi connectivity index (χ0) is 28.0. The van der Waals surface area contributed by atoms with E-state index in [9.17, 15) is 28.0 Å². The molecule has 202 valence electrons. The summed E-state index contributed by atoms with van der Waals surface area (Å²) in [6.07, 6.45) is 0.124. The largest absolute Gasteiger partial charge is 0.462 e. The van der Waals surface area contributed by atoms with Gasteiger partial charge in [-0.1, -0.05) is 36.4 Å². The van der Waals surface area contributed by atoms with Gasteiger partial charge < -0.3 is 14.8 Å². The molecule has 1 N–H and O–H groups in total. The van der Waals surface area contributed by atoms with E-state index in [2.05, 4.69) is 5.32 Å². The molecule has 0 saturated carbocycles. The normalized spacial score (nSPS) is 12.1. The second-order valence-corrected chi connectivity index (χ2v) is 9.40. The topological polar surface area (TPSA) is 109 Å². The number of nitrogens with zero attached hydrogens (tertiary/aromatic N) is 2. The fourth-order valence-corrected chi connectivity index (χ4v) is 3.68. The number of alkyl carbamates (subject to hydrolysis) is 1. The molecule has 0 saturated heterocycles. The summed E-state index contributed by atoms with van der Waals surface area (Å²) in [4.78, 5) is 51.9. The highest BCUT2D eigenvalue weighted by Crippen LogP contribution is 2.17. The fourth-order valence-electron chi connectivity index (χ4n) is 3.68. The van der Waals surface area contributed by atoms with E-state index in [1.807, 2.05) is 0 Å². The number of rotatable bonds is 8. The van der Waals surface area contributed by atoms with Crippen LogP contribution in [0.2, 0.25) is 0 Å². The van der Waals surface area contributed by atoms with Crippen LogP contribution in [0, 0.1) is 11.6 Å². The van der Waals surface area contributed by atoms with Crippen LogP contribution in [0.4, 0.5) is 13.6 Å². The summed E-state index contributed by atoms with van der Waals surface area (Å²) in [5.41, 5.74) is -3.14. The summed E-state index contributed by atoms with van der Waals surface area (Å²) in [6.45, 7) is 5.52. The Balaban J connectivity index is 2.13. The van der Waals surface area contributed by atoms with E-state index in [0.29, 0.717) is 5.56 Å². The molecule has 0 radical (unpaired) electrons. The number of carbonyl (C=O) groups excluding carboxylic acids is 2. The van der Waals surface area contributed by atoms with Crippen molar-refractivity contribution in [2.45, 2.75) is 52.4 Å². The van der Waals surface area contributed by atoms with E-state index in [1.165, 1.54) is 13.0 Å². The van der Waals surface area contributed by atoms with Gasteiger partial charge in [0, 0.05) is 11.8 Å². The number of nitrogens with one attached hydrogen (secondary N) is 1. The summed E-state index contributed by atoms with van der Waals surface area (Å²) in [5.74, 6) is -2.81. The van der Waals surface area contributed by atoms with Crippen LogP contribution in [0.15, 0.2) is 64.3 Å². The van der Waals surface area contributed by atoms with E-state index >= 15 is 0 Å². The summed E-state index contributed by atoms with van der Waals surface area (Å²) in [7, 11) is 0. The minimum atomic E-state index is -1.01. The summed E-state index contributed by atoms with van der Waals surface area (Å²) in [6, 6.07) is 10.8. The molecule has 0 spiro atoms. The fraction of sp³-hybridized carbons (Fsp3) is 0.333. The molecular formula is C27H29F2N3O6. The number of aromatic nitrogens is 2. The Bertz CT molecular complexity index is 1410. The summed E-state index contributed by atoms with van der Waals surface area (Å²) >= 11 is 0. The third-order valence-electron chi connectivity index (χ3n) is 5.38. The maximum Gasteiger partial charge on any atom is 0.408 e. The third kappa shape index (κ3) is 6.93. The van der Waals surface area contributed by atoms with Crippen molar-refractivity contribution in [2.75, 3.05) is 6.61 Å². The molecule has 0 aliphatic heterocycles. The molecule has 9 nitrogen and oxygen atoms in total. The van der Waals surface area contributed by atoms with Crippen molar-refractivity contribution in [3.8, 4) is 0 Å². The van der Waals surface area contributed by atoms with E-state index in [0.717, 1.165) is 27.5 Å². The van der Waals surface area contributed by atoms with Crippen molar-refractivity contribution >= 4 is 12.1 Å². The molecule has 2 aromatic carbocycles. The van der Waals surface area contributed by atoms with Crippen LogP contribution in [-0.4, -0.2) is 33.4 Å². The predicted molar refractivity (Wildman–Crippen MR) is 135 cm³/mol. The van der Waals surface area contributed by atoms with Crippen LogP contribution in [0.25, 0.3) is 0 Å². The number of carbonyl (C=O) groups is 2. The number of amides is 1. The molecule has 1 amide bonds. The lowest BCUT2D eigenvalue weighted by Gasteiger charge is -2.24. The zero-order valence-electron chi connectivity index (χ0n) is 21.5. The highest BCUT2D eigenvalue weighted by Gasteiger charge is 2.25. The predicted octanol–water partition coefficient (Wildman–Crippen LogP) is 3.78. The van der Waals surface area contributed by atoms with E-state index in [-0.39, 0.29) is 6.61 Å². The smallest absolute Gasteiger partial charge is 0.408 e. The van der Waals surface area contributed by atoms with Gasteiger partial charge in [0.25, 0.3) is 5.56 Å². The SMILES string of the molecule is CCOC(=O)c1cn(Cc2c(F)cccc2F)c(=O)n(C[C@H](NC(=O)OC(C)(C)C)c2ccccc2)c1=O. The van der Waals surface area contributed by atoms with Crippen molar-refractivity contribution < 1.29 is 27.8 Å². The lowest BCUT2D eigenvalue weighted by atomic mass is 10.1. The molecule has 11 heteroatoms. The minimum Gasteiger partial charge on any atom is -0.462 e. The number of halogens is 2. The van der Waals surface area contributed by atoms with Crippen LogP contribution in [-0.2, 0) is 22.6 Å². The highest BCUT2D eigenvalue weighted by molar-refractivity contribution is 5.88. The van der Waals surface area contributed by atoms with E-state index in [1.54, 1.807) is 51.1 Å². The number of hydrogen-bond donors (Lipinski definition) is 1. The van der Waals surface area contributed by atoms with E-state index in [4.69, 9.17) is 9.47 Å². The van der Waals surface area contributed by atoms with Crippen molar-refractivity contribution in [2.24, 2.45) is 0 Å². The average molecular weight is 530 g/mol. The average Bonchev–Trinajstić information content (AvgIpc) is 2.84. The van der Waals surface area contributed by atoms with Crippen LogP contribution in [0.1, 0.15) is 55.2 Å². The monoisotopic (exact) mass is 529 g/mol. The summed E-state index contributed by atoms with van der Waals surface area (Å²) < 4.78 is 40.6. The molecule has 1 heterocycles. The Morgan fingerprint density at radius 1 is 1.00 bits per heavy atom.